The van der Waals surface area contributed by atoms with E-state index in [1.54, 1.807) is 0 Å². The molecule has 4 heteroatoms. The van der Waals surface area contributed by atoms with E-state index in [0.29, 0.717) is 13.0 Å². The Bertz CT molecular complexity index is 674. The van der Waals surface area contributed by atoms with E-state index in [4.69, 9.17) is 5.11 Å². The number of hydrogen-bond donors (Lipinski definition) is 2. The summed E-state index contributed by atoms with van der Waals surface area (Å²) < 4.78 is 14.2. The Morgan fingerprint density at radius 1 is 0.724 bits per heavy atom. The molecule has 2 aromatic rings. The predicted molar refractivity (Wildman–Crippen MR) is 124 cm³/mol. The molecule has 0 aliphatic carbocycles. The number of aliphatic hydroxyl groups excluding tert-OH is 2. The van der Waals surface area contributed by atoms with Gasteiger partial charge in [0.2, 0.25) is 0 Å². The van der Waals surface area contributed by atoms with E-state index in [1.807, 2.05) is 67.6 Å². The molecule has 0 aliphatic heterocycles. The molecule has 0 spiro atoms. The van der Waals surface area contributed by atoms with E-state index < -0.39 is 13.2 Å². The van der Waals surface area contributed by atoms with E-state index in [-0.39, 0.29) is 5.66 Å². The Morgan fingerprint density at radius 3 is 1.59 bits per heavy atom. The van der Waals surface area contributed by atoms with E-state index in [0.717, 1.165) is 36.3 Å². The van der Waals surface area contributed by atoms with Crippen LogP contribution < -0.4 is 10.6 Å². The highest BCUT2D eigenvalue weighted by Gasteiger charge is 2.37. The van der Waals surface area contributed by atoms with Crippen molar-refractivity contribution in [1.82, 2.24) is 0 Å². The third-order valence-electron chi connectivity index (χ3n) is 5.82. The fourth-order valence-corrected chi connectivity index (χ4v) is 7.03. The van der Waals surface area contributed by atoms with Gasteiger partial charge in [0.05, 0.1) is 6.10 Å². The quantitative estimate of drug-likeness (QED) is 0.327. The van der Waals surface area contributed by atoms with Crippen LogP contribution in [0.4, 0.5) is 0 Å². The van der Waals surface area contributed by atoms with Gasteiger partial charge < -0.3 is 14.8 Å². The first-order valence-corrected chi connectivity index (χ1v) is 12.9. The lowest BCUT2D eigenvalue weighted by atomic mass is 10.0. The van der Waals surface area contributed by atoms with Gasteiger partial charge in [0.25, 0.3) is 0 Å². The van der Waals surface area contributed by atoms with Crippen molar-refractivity contribution in [3.05, 3.63) is 60.7 Å². The van der Waals surface area contributed by atoms with Crippen LogP contribution in [-0.2, 0) is 4.57 Å². The highest BCUT2D eigenvalue weighted by molar-refractivity contribution is 7.79. The van der Waals surface area contributed by atoms with Crippen LogP contribution >= 0.6 is 7.14 Å². The van der Waals surface area contributed by atoms with E-state index in [2.05, 4.69) is 0 Å². The molecule has 0 radical (unpaired) electrons. The molecular formula is C25H37O3P. The average molecular weight is 417 g/mol. The second kappa shape index (κ2) is 13.0. The molecule has 29 heavy (non-hydrogen) atoms. The maximum absolute atomic E-state index is 14.2. The van der Waals surface area contributed by atoms with Gasteiger partial charge in [-0.15, -0.1) is 0 Å². The zero-order chi connectivity index (χ0) is 21.0. The van der Waals surface area contributed by atoms with Gasteiger partial charge in [-0.1, -0.05) is 113 Å². The summed E-state index contributed by atoms with van der Waals surface area (Å²) in [4.78, 5) is 0. The summed E-state index contributed by atoms with van der Waals surface area (Å²) in [5.41, 5.74) is -0.314. The monoisotopic (exact) mass is 416 g/mol. The molecule has 0 unspecified atom stereocenters. The number of benzene rings is 2. The molecule has 2 rings (SSSR count). The maximum Gasteiger partial charge on any atom is 0.148 e. The fourth-order valence-electron chi connectivity index (χ4n) is 3.93. The lowest BCUT2D eigenvalue weighted by molar-refractivity contribution is 0.159. The van der Waals surface area contributed by atoms with Gasteiger partial charge in [-0.2, -0.15) is 0 Å². The molecule has 0 fully saturated rings. The summed E-state index contributed by atoms with van der Waals surface area (Å²) in [5.74, 6) is 0. The molecule has 0 heterocycles. The molecule has 2 aromatic carbocycles. The number of rotatable bonds is 14. The SMILES string of the molecule is C[C@@H]([C@@H](O)CCCCCCCCCCO)P(=O)(c1ccccc1)c1ccccc1. The van der Waals surface area contributed by atoms with Crippen LogP contribution in [0.5, 0.6) is 0 Å². The molecule has 0 aromatic heterocycles. The van der Waals surface area contributed by atoms with Gasteiger partial charge in [-0.05, 0) is 12.8 Å². The van der Waals surface area contributed by atoms with Gasteiger partial charge >= 0.3 is 0 Å². The summed E-state index contributed by atoms with van der Waals surface area (Å²) in [6.07, 6.45) is 9.00. The summed E-state index contributed by atoms with van der Waals surface area (Å²) in [5, 5.41) is 21.3. The average Bonchev–Trinajstić information content (AvgIpc) is 2.78. The number of unbranched alkanes of at least 4 members (excludes halogenated alkanes) is 7. The topological polar surface area (TPSA) is 57.5 Å². The summed E-state index contributed by atoms with van der Waals surface area (Å²) >= 11 is 0. The molecule has 0 saturated heterocycles. The lowest BCUT2D eigenvalue weighted by Crippen LogP contribution is -2.32. The lowest BCUT2D eigenvalue weighted by Gasteiger charge is -2.29. The third kappa shape index (κ3) is 7.10. The van der Waals surface area contributed by atoms with Crippen LogP contribution in [0, 0.1) is 0 Å². The Morgan fingerprint density at radius 2 is 1.14 bits per heavy atom. The summed E-state index contributed by atoms with van der Waals surface area (Å²) in [6, 6.07) is 19.3. The van der Waals surface area contributed by atoms with Crippen molar-refractivity contribution in [2.75, 3.05) is 6.61 Å². The Kier molecular flexibility index (Phi) is 10.7. The minimum atomic E-state index is -2.92. The number of hydrogen-bond acceptors (Lipinski definition) is 3. The molecule has 2 atom stereocenters. The van der Waals surface area contributed by atoms with E-state index >= 15 is 0 Å². The van der Waals surface area contributed by atoms with Gasteiger partial charge in [-0.25, -0.2) is 0 Å². The second-order valence-corrected chi connectivity index (χ2v) is 11.1. The molecule has 3 nitrogen and oxygen atoms in total. The van der Waals surface area contributed by atoms with Crippen LogP contribution in [-0.4, -0.2) is 28.6 Å². The fraction of sp³-hybridized carbons (Fsp3) is 0.520. The Balaban J connectivity index is 1.91. The molecule has 0 amide bonds. The van der Waals surface area contributed by atoms with Crippen molar-refractivity contribution >= 4 is 17.8 Å². The Labute approximate surface area is 176 Å². The van der Waals surface area contributed by atoms with Crippen LogP contribution in [0.2, 0.25) is 0 Å². The molecule has 160 valence electrons. The Hall–Kier alpha value is -1.41. The normalized spacial score (nSPS) is 13.9. The van der Waals surface area contributed by atoms with E-state index in [9.17, 15) is 9.67 Å². The minimum absolute atomic E-state index is 0.298. The van der Waals surface area contributed by atoms with Crippen molar-refractivity contribution in [1.29, 1.82) is 0 Å². The van der Waals surface area contributed by atoms with Gasteiger partial charge in [-0.3, -0.25) is 0 Å². The predicted octanol–water partition coefficient (Wildman–Crippen LogP) is 5.25. The van der Waals surface area contributed by atoms with Gasteiger partial charge in [0, 0.05) is 22.9 Å². The molecule has 0 bridgehead atoms. The summed E-state index contributed by atoms with van der Waals surface area (Å²) in [6.45, 7) is 2.23. The smallest absolute Gasteiger partial charge is 0.148 e. The van der Waals surface area contributed by atoms with Crippen molar-refractivity contribution < 1.29 is 14.8 Å². The third-order valence-corrected chi connectivity index (χ3v) is 9.44. The van der Waals surface area contributed by atoms with Crippen molar-refractivity contribution in [2.24, 2.45) is 0 Å². The van der Waals surface area contributed by atoms with Crippen LogP contribution in [0.15, 0.2) is 60.7 Å². The van der Waals surface area contributed by atoms with Crippen molar-refractivity contribution in [3.8, 4) is 0 Å². The molecule has 0 aliphatic rings. The van der Waals surface area contributed by atoms with Crippen LogP contribution in [0.25, 0.3) is 0 Å². The van der Waals surface area contributed by atoms with Crippen LogP contribution in [0.3, 0.4) is 0 Å². The summed E-state index contributed by atoms with van der Waals surface area (Å²) in [7, 11) is -2.92. The number of aliphatic hydroxyl groups is 2. The van der Waals surface area contributed by atoms with E-state index in [1.165, 1.54) is 25.7 Å². The first kappa shape index (κ1) is 23.9. The molecule has 0 saturated carbocycles. The second-order valence-electron chi connectivity index (χ2n) is 7.98. The van der Waals surface area contributed by atoms with Crippen LogP contribution in [0.1, 0.15) is 64.7 Å². The zero-order valence-corrected chi connectivity index (χ0v) is 18.6. The van der Waals surface area contributed by atoms with Gasteiger partial charge in [0.1, 0.15) is 7.14 Å². The largest absolute Gasteiger partial charge is 0.396 e. The highest BCUT2D eigenvalue weighted by Crippen LogP contribution is 2.50. The maximum atomic E-state index is 14.2. The van der Waals surface area contributed by atoms with Crippen molar-refractivity contribution in [2.45, 2.75) is 76.5 Å². The van der Waals surface area contributed by atoms with Gasteiger partial charge in [0.15, 0.2) is 0 Å². The first-order chi connectivity index (χ1) is 14.1. The minimum Gasteiger partial charge on any atom is -0.396 e. The highest BCUT2D eigenvalue weighted by atomic mass is 31.2. The van der Waals surface area contributed by atoms with Crippen molar-refractivity contribution in [3.63, 3.8) is 0 Å². The molecular weight excluding hydrogens is 379 g/mol. The molecule has 2 N–H and O–H groups in total. The zero-order valence-electron chi connectivity index (χ0n) is 17.7. The first-order valence-electron chi connectivity index (χ1n) is 11.1. The standard InChI is InChI=1S/C25H37O3P/c1-22(25(27)20-14-6-4-2-3-5-7-15-21-26)29(28,23-16-10-8-11-17-23)24-18-12-9-13-19-24/h8-13,16-19,22,25-27H,2-7,14-15,20-21H2,1H3/t22-,25-/m0/s1.